The molecule has 0 saturated carbocycles. The number of hydrogen-bond acceptors (Lipinski definition) is 3. The number of amides is 4. The number of fused-ring (bicyclic) bond motifs is 1. The number of rotatable bonds is 4. The van der Waals surface area contributed by atoms with E-state index in [0.717, 1.165) is 23.3 Å². The summed E-state index contributed by atoms with van der Waals surface area (Å²) in [6, 6.07) is 12.7. The molecule has 0 radical (unpaired) electrons. The zero-order valence-electron chi connectivity index (χ0n) is 16.3. The third kappa shape index (κ3) is 3.16. The highest BCUT2D eigenvalue weighted by Crippen LogP contribution is 2.35. The van der Waals surface area contributed by atoms with Gasteiger partial charge in [0.25, 0.3) is 5.91 Å². The fraction of sp³-hybridized carbons (Fsp3) is 0.318. The zero-order chi connectivity index (χ0) is 20.8. The Kier molecular flexibility index (Phi) is 4.61. The second-order valence-electron chi connectivity index (χ2n) is 7.71. The molecule has 0 aromatic heterocycles. The van der Waals surface area contributed by atoms with Crippen molar-refractivity contribution in [1.82, 2.24) is 15.1 Å². The van der Waals surface area contributed by atoms with Crippen molar-refractivity contribution in [2.24, 2.45) is 0 Å². The van der Waals surface area contributed by atoms with Gasteiger partial charge in [-0.1, -0.05) is 36.4 Å². The van der Waals surface area contributed by atoms with Gasteiger partial charge in [-0.25, -0.2) is 9.18 Å². The van der Waals surface area contributed by atoms with Crippen molar-refractivity contribution in [1.29, 1.82) is 0 Å². The van der Waals surface area contributed by atoms with E-state index in [-0.39, 0.29) is 18.5 Å². The van der Waals surface area contributed by atoms with Crippen LogP contribution in [0.2, 0.25) is 0 Å². The minimum absolute atomic E-state index is 0.0667. The lowest BCUT2D eigenvalue weighted by molar-refractivity contribution is -0.139. The maximum absolute atomic E-state index is 13.2. The van der Waals surface area contributed by atoms with Gasteiger partial charge in [0.1, 0.15) is 17.9 Å². The van der Waals surface area contributed by atoms with Crippen molar-refractivity contribution in [2.75, 3.05) is 13.6 Å². The van der Waals surface area contributed by atoms with Crippen molar-refractivity contribution >= 4 is 17.8 Å². The van der Waals surface area contributed by atoms with Crippen LogP contribution in [0, 0.1) is 5.82 Å². The van der Waals surface area contributed by atoms with Crippen LogP contribution >= 0.6 is 0 Å². The molecule has 29 heavy (non-hydrogen) atoms. The average Bonchev–Trinajstić information content (AvgIpc) is 3.23. The molecule has 2 unspecified atom stereocenters. The van der Waals surface area contributed by atoms with Gasteiger partial charge in [0.05, 0.1) is 6.04 Å². The summed E-state index contributed by atoms with van der Waals surface area (Å²) in [5.74, 6) is -1.26. The number of aryl methyl sites for hydroxylation is 1. The lowest BCUT2D eigenvalue weighted by Gasteiger charge is -2.27. The monoisotopic (exact) mass is 395 g/mol. The van der Waals surface area contributed by atoms with Gasteiger partial charge in [-0.3, -0.25) is 14.5 Å². The molecule has 0 spiro atoms. The maximum atomic E-state index is 13.2. The van der Waals surface area contributed by atoms with E-state index in [1.54, 1.807) is 18.9 Å². The van der Waals surface area contributed by atoms with E-state index in [4.69, 9.17) is 0 Å². The van der Waals surface area contributed by atoms with Crippen LogP contribution in [0.4, 0.5) is 9.18 Å². The Labute approximate surface area is 168 Å². The summed E-state index contributed by atoms with van der Waals surface area (Å²) in [5, 5.41) is 2.64. The molecule has 1 aliphatic carbocycles. The first-order valence-corrected chi connectivity index (χ1v) is 9.55. The molecule has 0 bridgehead atoms. The first-order valence-electron chi connectivity index (χ1n) is 9.55. The number of imide groups is 1. The average molecular weight is 395 g/mol. The second kappa shape index (κ2) is 6.99. The van der Waals surface area contributed by atoms with Gasteiger partial charge < -0.3 is 10.2 Å². The number of nitrogens with zero attached hydrogens (tertiary/aromatic N) is 2. The van der Waals surface area contributed by atoms with E-state index in [1.165, 1.54) is 29.8 Å². The number of likely N-dealkylation sites (N-methyl/N-ethyl adjacent to an activating group) is 1. The van der Waals surface area contributed by atoms with Gasteiger partial charge in [0.2, 0.25) is 5.91 Å². The van der Waals surface area contributed by atoms with Crippen LogP contribution in [0.5, 0.6) is 0 Å². The van der Waals surface area contributed by atoms with Gasteiger partial charge in [-0.15, -0.1) is 0 Å². The quantitative estimate of drug-likeness (QED) is 0.810. The standard InChI is InChI=1S/C22H22FN3O3/c1-22(15-8-10-16(23)11-9-15)20(28)26(21(29)24-22)13-19(27)25(2)18-12-7-14-5-3-4-6-17(14)18/h3-6,8-11,18H,7,12-13H2,1-2H3,(H,24,29). The number of nitrogens with one attached hydrogen (secondary N) is 1. The predicted molar refractivity (Wildman–Crippen MR) is 104 cm³/mol. The van der Waals surface area contributed by atoms with Crippen molar-refractivity contribution in [3.63, 3.8) is 0 Å². The van der Waals surface area contributed by atoms with Crippen LogP contribution in [-0.4, -0.2) is 41.2 Å². The SMILES string of the molecule is CN(C(=O)CN1C(=O)NC(C)(c2ccc(F)cc2)C1=O)C1CCc2ccccc21. The molecule has 1 aliphatic heterocycles. The Balaban J connectivity index is 1.51. The van der Waals surface area contributed by atoms with Crippen LogP contribution < -0.4 is 5.32 Å². The Morgan fingerprint density at radius 2 is 1.90 bits per heavy atom. The molecule has 2 aromatic rings. The fourth-order valence-electron chi connectivity index (χ4n) is 4.18. The number of halogens is 1. The minimum atomic E-state index is -1.33. The molecule has 2 aliphatic rings. The summed E-state index contributed by atoms with van der Waals surface area (Å²) in [7, 11) is 1.70. The summed E-state index contributed by atoms with van der Waals surface area (Å²) >= 11 is 0. The molecular weight excluding hydrogens is 373 g/mol. The van der Waals surface area contributed by atoms with E-state index in [1.807, 2.05) is 18.2 Å². The van der Waals surface area contributed by atoms with E-state index in [0.29, 0.717) is 5.56 Å². The minimum Gasteiger partial charge on any atom is -0.337 e. The summed E-state index contributed by atoms with van der Waals surface area (Å²) in [5.41, 5.74) is 1.46. The topological polar surface area (TPSA) is 69.7 Å². The van der Waals surface area contributed by atoms with E-state index < -0.39 is 23.3 Å². The van der Waals surface area contributed by atoms with E-state index >= 15 is 0 Å². The molecule has 1 heterocycles. The number of benzene rings is 2. The number of carbonyl (C=O) groups excluding carboxylic acids is 3. The summed E-state index contributed by atoms with van der Waals surface area (Å²) < 4.78 is 13.2. The predicted octanol–water partition coefficient (Wildman–Crippen LogP) is 2.74. The Bertz CT molecular complexity index is 991. The second-order valence-corrected chi connectivity index (χ2v) is 7.71. The molecule has 4 rings (SSSR count). The highest BCUT2D eigenvalue weighted by Gasteiger charge is 2.49. The Morgan fingerprint density at radius 3 is 2.62 bits per heavy atom. The van der Waals surface area contributed by atoms with Gasteiger partial charge in [-0.2, -0.15) is 0 Å². The summed E-state index contributed by atoms with van der Waals surface area (Å²) in [6.07, 6.45) is 1.71. The molecule has 2 atom stereocenters. The number of urea groups is 1. The highest BCUT2D eigenvalue weighted by molar-refractivity contribution is 6.09. The van der Waals surface area contributed by atoms with Gasteiger partial charge in [0.15, 0.2) is 0 Å². The normalized spacial score (nSPS) is 23.1. The third-order valence-electron chi connectivity index (χ3n) is 5.95. The Hall–Kier alpha value is -3.22. The Morgan fingerprint density at radius 1 is 1.21 bits per heavy atom. The van der Waals surface area contributed by atoms with Crippen molar-refractivity contribution < 1.29 is 18.8 Å². The third-order valence-corrected chi connectivity index (χ3v) is 5.95. The lowest BCUT2D eigenvalue weighted by atomic mass is 9.92. The number of hydrogen-bond donors (Lipinski definition) is 1. The smallest absolute Gasteiger partial charge is 0.325 e. The van der Waals surface area contributed by atoms with Crippen LogP contribution in [0.15, 0.2) is 48.5 Å². The largest absolute Gasteiger partial charge is 0.337 e. The molecule has 1 saturated heterocycles. The zero-order valence-corrected chi connectivity index (χ0v) is 16.3. The van der Waals surface area contributed by atoms with Crippen molar-refractivity contribution in [3.8, 4) is 0 Å². The molecular formula is C22H22FN3O3. The maximum Gasteiger partial charge on any atom is 0.325 e. The van der Waals surface area contributed by atoms with Crippen LogP contribution in [0.3, 0.4) is 0 Å². The fourth-order valence-corrected chi connectivity index (χ4v) is 4.18. The molecule has 150 valence electrons. The van der Waals surface area contributed by atoms with Crippen molar-refractivity contribution in [3.05, 3.63) is 71.0 Å². The van der Waals surface area contributed by atoms with E-state index in [2.05, 4.69) is 11.4 Å². The first-order chi connectivity index (χ1) is 13.8. The molecule has 2 aromatic carbocycles. The highest BCUT2D eigenvalue weighted by atomic mass is 19.1. The molecule has 1 fully saturated rings. The molecule has 6 nitrogen and oxygen atoms in total. The van der Waals surface area contributed by atoms with E-state index in [9.17, 15) is 18.8 Å². The van der Waals surface area contributed by atoms with Gasteiger partial charge in [-0.05, 0) is 48.6 Å². The van der Waals surface area contributed by atoms with Crippen LogP contribution in [0.25, 0.3) is 0 Å². The van der Waals surface area contributed by atoms with Crippen molar-refractivity contribution in [2.45, 2.75) is 31.3 Å². The molecule has 1 N–H and O–H groups in total. The number of carbonyl (C=O) groups is 3. The summed E-state index contributed by atoms with van der Waals surface area (Å²) in [6.45, 7) is 1.22. The summed E-state index contributed by atoms with van der Waals surface area (Å²) in [4.78, 5) is 40.9. The van der Waals surface area contributed by atoms with Crippen LogP contribution in [-0.2, 0) is 21.5 Å². The van der Waals surface area contributed by atoms with Gasteiger partial charge in [0, 0.05) is 7.05 Å². The molecule has 7 heteroatoms. The van der Waals surface area contributed by atoms with Gasteiger partial charge >= 0.3 is 6.03 Å². The lowest BCUT2D eigenvalue weighted by Crippen LogP contribution is -2.44. The first kappa shape index (κ1) is 19.1. The molecule has 4 amide bonds. The van der Waals surface area contributed by atoms with Crippen LogP contribution in [0.1, 0.15) is 36.1 Å².